The predicted molar refractivity (Wildman–Crippen MR) is 101 cm³/mol. The molecule has 0 aromatic heterocycles. The molecule has 1 atom stereocenters. The third kappa shape index (κ3) is 5.00. The van der Waals surface area contributed by atoms with E-state index in [0.717, 1.165) is 46.3 Å². The molecule has 8 heteroatoms. The lowest BCUT2D eigenvalue weighted by Gasteiger charge is -2.35. The van der Waals surface area contributed by atoms with Crippen LogP contribution in [-0.2, 0) is 0 Å². The van der Waals surface area contributed by atoms with Gasteiger partial charge in [0.05, 0.1) is 6.04 Å². The Kier molecular flexibility index (Phi) is 6.27. The standard InChI is InChI=1S/C18H17Br2F3N2O/c19-15-6-3-13(11-16(15)20)17(25-9-7-24-8-10-25)12-1-4-14(5-2-12)26-18(21,22)23/h1-6,11,17,24H,7-10H2/t17-/m1/s1. The highest BCUT2D eigenvalue weighted by Gasteiger charge is 2.31. The lowest BCUT2D eigenvalue weighted by atomic mass is 9.96. The van der Waals surface area contributed by atoms with Gasteiger partial charge < -0.3 is 10.1 Å². The average molecular weight is 494 g/mol. The third-order valence-electron chi connectivity index (χ3n) is 4.21. The van der Waals surface area contributed by atoms with E-state index in [1.165, 1.54) is 12.1 Å². The van der Waals surface area contributed by atoms with E-state index in [2.05, 4.69) is 46.8 Å². The Labute approximate surface area is 166 Å². The molecule has 140 valence electrons. The Bertz CT molecular complexity index is 747. The fourth-order valence-electron chi connectivity index (χ4n) is 3.09. The number of rotatable bonds is 4. The first-order valence-corrected chi connectivity index (χ1v) is 9.67. The summed E-state index contributed by atoms with van der Waals surface area (Å²) in [6.07, 6.45) is -4.68. The van der Waals surface area contributed by atoms with Crippen LogP contribution >= 0.6 is 31.9 Å². The second-order valence-electron chi connectivity index (χ2n) is 5.98. The quantitative estimate of drug-likeness (QED) is 0.640. The molecule has 1 fully saturated rings. The van der Waals surface area contributed by atoms with Gasteiger partial charge in [0.25, 0.3) is 0 Å². The summed E-state index contributed by atoms with van der Waals surface area (Å²) >= 11 is 7.01. The highest BCUT2D eigenvalue weighted by Crippen LogP contribution is 2.34. The lowest BCUT2D eigenvalue weighted by Crippen LogP contribution is -2.45. The van der Waals surface area contributed by atoms with Crippen LogP contribution in [0.1, 0.15) is 17.2 Å². The summed E-state index contributed by atoms with van der Waals surface area (Å²) in [5.74, 6) is -0.211. The van der Waals surface area contributed by atoms with Crippen molar-refractivity contribution in [1.82, 2.24) is 10.2 Å². The first-order valence-electron chi connectivity index (χ1n) is 8.09. The van der Waals surface area contributed by atoms with Gasteiger partial charge in [0, 0.05) is 35.1 Å². The molecule has 1 aliphatic heterocycles. The molecular weight excluding hydrogens is 477 g/mol. The van der Waals surface area contributed by atoms with Gasteiger partial charge in [-0.25, -0.2) is 0 Å². The van der Waals surface area contributed by atoms with E-state index in [1.807, 2.05) is 18.2 Å². The fourth-order valence-corrected chi connectivity index (χ4v) is 3.73. The minimum absolute atomic E-state index is 0.0403. The van der Waals surface area contributed by atoms with Crippen LogP contribution in [-0.4, -0.2) is 37.4 Å². The summed E-state index contributed by atoms with van der Waals surface area (Å²) < 4.78 is 43.0. The predicted octanol–water partition coefficient (Wildman–Crippen LogP) is 5.10. The van der Waals surface area contributed by atoms with Gasteiger partial charge in [-0.3, -0.25) is 4.90 Å². The van der Waals surface area contributed by atoms with Crippen LogP contribution in [0.4, 0.5) is 13.2 Å². The van der Waals surface area contributed by atoms with E-state index >= 15 is 0 Å². The first-order chi connectivity index (χ1) is 12.3. The van der Waals surface area contributed by atoms with Crippen molar-refractivity contribution < 1.29 is 17.9 Å². The molecule has 0 spiro atoms. The topological polar surface area (TPSA) is 24.5 Å². The highest BCUT2D eigenvalue weighted by molar-refractivity contribution is 9.13. The minimum Gasteiger partial charge on any atom is -0.406 e. The van der Waals surface area contributed by atoms with Crippen LogP contribution < -0.4 is 10.1 Å². The Morgan fingerprint density at radius 2 is 1.54 bits per heavy atom. The number of hydrogen-bond donors (Lipinski definition) is 1. The molecule has 0 unspecified atom stereocenters. The van der Waals surface area contributed by atoms with E-state index in [4.69, 9.17) is 0 Å². The largest absolute Gasteiger partial charge is 0.573 e. The summed E-state index contributed by atoms with van der Waals surface area (Å²) in [6, 6.07) is 12.1. The van der Waals surface area contributed by atoms with Crippen LogP contribution in [0.15, 0.2) is 51.4 Å². The molecule has 0 amide bonds. The molecule has 1 aliphatic rings. The number of ether oxygens (including phenoxy) is 1. The van der Waals surface area contributed by atoms with Gasteiger partial charge in [0.15, 0.2) is 0 Å². The molecule has 0 aliphatic carbocycles. The smallest absolute Gasteiger partial charge is 0.406 e. The second kappa shape index (κ2) is 8.29. The van der Waals surface area contributed by atoms with Crippen molar-refractivity contribution in [3.63, 3.8) is 0 Å². The average Bonchev–Trinajstić information content (AvgIpc) is 2.59. The van der Waals surface area contributed by atoms with Crippen molar-refractivity contribution in [3.8, 4) is 5.75 Å². The van der Waals surface area contributed by atoms with Gasteiger partial charge in [-0.05, 0) is 67.3 Å². The van der Waals surface area contributed by atoms with Gasteiger partial charge in [-0.1, -0.05) is 18.2 Å². The number of piperazine rings is 1. The van der Waals surface area contributed by atoms with E-state index in [1.54, 1.807) is 12.1 Å². The zero-order valence-electron chi connectivity index (χ0n) is 13.7. The number of alkyl halides is 3. The number of nitrogens with one attached hydrogen (secondary N) is 1. The first kappa shape index (κ1) is 19.7. The van der Waals surface area contributed by atoms with E-state index in [-0.39, 0.29) is 11.8 Å². The van der Waals surface area contributed by atoms with Crippen LogP contribution in [0.5, 0.6) is 5.75 Å². The maximum atomic E-state index is 12.4. The Balaban J connectivity index is 1.93. The number of nitrogens with zero attached hydrogens (tertiary/aromatic N) is 1. The molecule has 0 saturated carbocycles. The van der Waals surface area contributed by atoms with Crippen LogP contribution in [0.3, 0.4) is 0 Å². The highest BCUT2D eigenvalue weighted by atomic mass is 79.9. The van der Waals surface area contributed by atoms with Gasteiger partial charge >= 0.3 is 6.36 Å². The third-order valence-corrected chi connectivity index (χ3v) is 6.09. The fraction of sp³-hybridized carbons (Fsp3) is 0.333. The number of benzene rings is 2. The van der Waals surface area contributed by atoms with E-state index < -0.39 is 6.36 Å². The van der Waals surface area contributed by atoms with Crippen molar-refractivity contribution in [3.05, 3.63) is 62.5 Å². The molecule has 2 aromatic carbocycles. The summed E-state index contributed by atoms with van der Waals surface area (Å²) in [4.78, 5) is 2.33. The monoisotopic (exact) mass is 492 g/mol. The summed E-state index contributed by atoms with van der Waals surface area (Å²) in [5, 5.41) is 3.32. The maximum Gasteiger partial charge on any atom is 0.573 e. The molecular formula is C18H17Br2F3N2O. The van der Waals surface area contributed by atoms with Gasteiger partial charge in [-0.15, -0.1) is 13.2 Å². The van der Waals surface area contributed by atoms with Gasteiger partial charge in [0.1, 0.15) is 5.75 Å². The van der Waals surface area contributed by atoms with E-state index in [9.17, 15) is 13.2 Å². The molecule has 0 radical (unpaired) electrons. The SMILES string of the molecule is FC(F)(F)Oc1ccc([C@H](c2ccc(Br)c(Br)c2)N2CCNCC2)cc1. The molecule has 1 N–H and O–H groups in total. The van der Waals surface area contributed by atoms with Crippen molar-refractivity contribution in [1.29, 1.82) is 0 Å². The van der Waals surface area contributed by atoms with Crippen LogP contribution in [0.2, 0.25) is 0 Å². The lowest BCUT2D eigenvalue weighted by molar-refractivity contribution is -0.274. The maximum absolute atomic E-state index is 12.4. The summed E-state index contributed by atoms with van der Waals surface area (Å²) in [5.41, 5.74) is 2.00. The summed E-state index contributed by atoms with van der Waals surface area (Å²) in [6.45, 7) is 3.48. The molecule has 3 nitrogen and oxygen atoms in total. The van der Waals surface area contributed by atoms with Gasteiger partial charge in [-0.2, -0.15) is 0 Å². The Hall–Kier alpha value is -1.09. The minimum atomic E-state index is -4.68. The normalized spacial score (nSPS) is 17.1. The molecule has 1 heterocycles. The van der Waals surface area contributed by atoms with Crippen molar-refractivity contribution in [2.24, 2.45) is 0 Å². The number of hydrogen-bond acceptors (Lipinski definition) is 3. The van der Waals surface area contributed by atoms with Crippen molar-refractivity contribution in [2.75, 3.05) is 26.2 Å². The Morgan fingerprint density at radius 3 is 2.12 bits per heavy atom. The van der Waals surface area contributed by atoms with Crippen LogP contribution in [0.25, 0.3) is 0 Å². The van der Waals surface area contributed by atoms with Crippen molar-refractivity contribution in [2.45, 2.75) is 12.4 Å². The zero-order chi connectivity index (χ0) is 18.7. The van der Waals surface area contributed by atoms with Gasteiger partial charge in [0.2, 0.25) is 0 Å². The molecule has 0 bridgehead atoms. The molecule has 2 aromatic rings. The second-order valence-corrected chi connectivity index (χ2v) is 7.69. The van der Waals surface area contributed by atoms with E-state index in [0.29, 0.717) is 0 Å². The molecule has 3 rings (SSSR count). The molecule has 26 heavy (non-hydrogen) atoms. The van der Waals surface area contributed by atoms with Crippen molar-refractivity contribution >= 4 is 31.9 Å². The zero-order valence-corrected chi connectivity index (χ0v) is 16.9. The summed E-state index contributed by atoms with van der Waals surface area (Å²) in [7, 11) is 0. The van der Waals surface area contributed by atoms with Crippen LogP contribution in [0, 0.1) is 0 Å². The Morgan fingerprint density at radius 1 is 0.923 bits per heavy atom. The number of halogens is 5. The molecule has 1 saturated heterocycles.